The predicted octanol–water partition coefficient (Wildman–Crippen LogP) is 3.19. The van der Waals surface area contributed by atoms with Crippen molar-refractivity contribution in [3.63, 3.8) is 0 Å². The van der Waals surface area contributed by atoms with Crippen LogP contribution in [-0.4, -0.2) is 42.4 Å². The van der Waals surface area contributed by atoms with Crippen molar-refractivity contribution >= 4 is 15.7 Å². The number of nitrogens with zero attached hydrogens (tertiary/aromatic N) is 2. The third kappa shape index (κ3) is 4.32. The minimum atomic E-state index is -3.10. The fourth-order valence-electron chi connectivity index (χ4n) is 4.19. The molecule has 2 aliphatic heterocycles. The van der Waals surface area contributed by atoms with Crippen LogP contribution >= 0.6 is 0 Å². The SMILES string of the molecule is Cc1ccc(-c2cc(C(=O)NCc3ccc4c(c3)OCO4)nn2[C@@H]2CCS(=O)(=O)C2)cc1C. The maximum atomic E-state index is 13.0. The summed E-state index contributed by atoms with van der Waals surface area (Å²) in [6.45, 7) is 4.56. The Morgan fingerprint density at radius 1 is 1.09 bits per heavy atom. The second-order valence-corrected chi connectivity index (χ2v) is 10.8. The lowest BCUT2D eigenvalue weighted by Crippen LogP contribution is -2.24. The highest BCUT2D eigenvalue weighted by atomic mass is 32.2. The summed E-state index contributed by atoms with van der Waals surface area (Å²) in [7, 11) is -3.10. The van der Waals surface area contributed by atoms with Crippen LogP contribution in [0.4, 0.5) is 0 Å². The summed E-state index contributed by atoms with van der Waals surface area (Å²) in [6.07, 6.45) is 0.486. The summed E-state index contributed by atoms with van der Waals surface area (Å²) in [6, 6.07) is 13.0. The van der Waals surface area contributed by atoms with Gasteiger partial charge >= 0.3 is 0 Å². The Morgan fingerprint density at radius 2 is 1.91 bits per heavy atom. The van der Waals surface area contributed by atoms with Gasteiger partial charge in [-0.25, -0.2) is 8.42 Å². The van der Waals surface area contributed by atoms with Crippen LogP contribution in [0.5, 0.6) is 11.5 Å². The van der Waals surface area contributed by atoms with Crippen molar-refractivity contribution in [2.24, 2.45) is 0 Å². The summed E-state index contributed by atoms with van der Waals surface area (Å²) in [4.78, 5) is 13.0. The number of sulfone groups is 1. The average molecular weight is 468 g/mol. The molecule has 1 N–H and O–H groups in total. The minimum Gasteiger partial charge on any atom is -0.454 e. The Labute approximate surface area is 192 Å². The van der Waals surface area contributed by atoms with E-state index in [9.17, 15) is 13.2 Å². The molecule has 0 bridgehead atoms. The van der Waals surface area contributed by atoms with Crippen molar-refractivity contribution in [2.75, 3.05) is 18.3 Å². The Morgan fingerprint density at radius 3 is 2.67 bits per heavy atom. The molecule has 3 heterocycles. The van der Waals surface area contributed by atoms with Crippen LogP contribution < -0.4 is 14.8 Å². The van der Waals surface area contributed by atoms with Crippen LogP contribution in [-0.2, 0) is 16.4 Å². The van der Waals surface area contributed by atoms with Gasteiger partial charge in [-0.1, -0.05) is 18.2 Å². The van der Waals surface area contributed by atoms with Gasteiger partial charge in [-0.2, -0.15) is 5.10 Å². The van der Waals surface area contributed by atoms with Crippen molar-refractivity contribution in [1.82, 2.24) is 15.1 Å². The molecule has 0 aliphatic carbocycles. The van der Waals surface area contributed by atoms with Crippen LogP contribution in [0.25, 0.3) is 11.3 Å². The Bertz CT molecular complexity index is 1350. The zero-order chi connectivity index (χ0) is 23.2. The molecule has 1 saturated heterocycles. The third-order valence-corrected chi connectivity index (χ3v) is 7.97. The van der Waals surface area contributed by atoms with Crippen molar-refractivity contribution in [3.05, 3.63) is 64.8 Å². The highest BCUT2D eigenvalue weighted by molar-refractivity contribution is 7.91. The molecule has 2 aromatic carbocycles. The van der Waals surface area contributed by atoms with Crippen LogP contribution in [0.1, 0.15) is 39.6 Å². The van der Waals surface area contributed by atoms with Gasteiger partial charge in [-0.3, -0.25) is 9.48 Å². The number of amides is 1. The third-order valence-electron chi connectivity index (χ3n) is 6.22. The van der Waals surface area contributed by atoms with Gasteiger partial charge in [0.1, 0.15) is 0 Å². The molecule has 172 valence electrons. The average Bonchev–Trinajstić information content (AvgIpc) is 3.51. The van der Waals surface area contributed by atoms with E-state index in [4.69, 9.17) is 9.47 Å². The van der Waals surface area contributed by atoms with E-state index in [1.54, 1.807) is 10.7 Å². The lowest BCUT2D eigenvalue weighted by Gasteiger charge is -2.14. The zero-order valence-corrected chi connectivity index (χ0v) is 19.3. The first-order valence-corrected chi connectivity index (χ1v) is 12.7. The molecule has 33 heavy (non-hydrogen) atoms. The Kier molecular flexibility index (Phi) is 5.36. The second kappa shape index (κ2) is 8.22. The van der Waals surface area contributed by atoms with Gasteiger partial charge in [-0.15, -0.1) is 0 Å². The van der Waals surface area contributed by atoms with Gasteiger partial charge in [0.25, 0.3) is 5.91 Å². The topological polar surface area (TPSA) is 99.5 Å². The molecular formula is C24H25N3O5S. The quantitative estimate of drug-likeness (QED) is 0.619. The first kappa shape index (κ1) is 21.5. The van der Waals surface area contributed by atoms with E-state index in [-0.39, 0.29) is 35.9 Å². The summed E-state index contributed by atoms with van der Waals surface area (Å²) in [5.41, 5.74) is 5.07. The van der Waals surface area contributed by atoms with E-state index < -0.39 is 9.84 Å². The first-order chi connectivity index (χ1) is 15.8. The molecule has 8 nitrogen and oxygen atoms in total. The highest BCUT2D eigenvalue weighted by Gasteiger charge is 2.32. The van der Waals surface area contributed by atoms with Crippen LogP contribution in [0.15, 0.2) is 42.5 Å². The number of carbonyl (C=O) groups excluding carboxylic acids is 1. The van der Waals surface area contributed by atoms with Gasteiger partial charge in [0.2, 0.25) is 6.79 Å². The maximum Gasteiger partial charge on any atom is 0.272 e. The molecule has 9 heteroatoms. The lowest BCUT2D eigenvalue weighted by molar-refractivity contribution is 0.0944. The highest BCUT2D eigenvalue weighted by Crippen LogP contribution is 2.33. The monoisotopic (exact) mass is 467 g/mol. The molecule has 1 fully saturated rings. The predicted molar refractivity (Wildman–Crippen MR) is 123 cm³/mol. The minimum absolute atomic E-state index is 0.0325. The molecule has 3 aromatic rings. The van der Waals surface area contributed by atoms with Crippen molar-refractivity contribution in [1.29, 1.82) is 0 Å². The summed E-state index contributed by atoms with van der Waals surface area (Å²) < 4.78 is 36.6. The first-order valence-electron chi connectivity index (χ1n) is 10.8. The van der Waals surface area contributed by atoms with Gasteiger partial charge in [-0.05, 0) is 61.2 Å². The number of hydrogen-bond acceptors (Lipinski definition) is 6. The van der Waals surface area contributed by atoms with Crippen LogP contribution in [0, 0.1) is 13.8 Å². The van der Waals surface area contributed by atoms with E-state index in [1.165, 1.54) is 0 Å². The van der Waals surface area contributed by atoms with Crippen molar-refractivity contribution < 1.29 is 22.7 Å². The number of rotatable bonds is 5. The van der Waals surface area contributed by atoms with E-state index in [0.29, 0.717) is 24.5 Å². The van der Waals surface area contributed by atoms with Crippen LogP contribution in [0.2, 0.25) is 0 Å². The zero-order valence-electron chi connectivity index (χ0n) is 18.5. The Balaban J connectivity index is 1.42. The number of nitrogens with one attached hydrogen (secondary N) is 1. The standard InChI is InChI=1S/C24H25N3O5S/c1-15-3-5-18(9-16(15)2)21-11-20(26-27(21)19-7-8-33(29,30)13-19)24(28)25-12-17-4-6-22-23(10-17)32-14-31-22/h3-6,9-11,19H,7-8,12-14H2,1-2H3,(H,25,28)/t19-/m1/s1. The van der Waals surface area contributed by atoms with E-state index in [0.717, 1.165) is 27.9 Å². The van der Waals surface area contributed by atoms with Gasteiger partial charge in [0.05, 0.1) is 23.2 Å². The maximum absolute atomic E-state index is 13.0. The van der Waals surface area contributed by atoms with Crippen molar-refractivity contribution in [3.8, 4) is 22.8 Å². The Hall–Kier alpha value is -3.33. The largest absolute Gasteiger partial charge is 0.454 e. The number of aryl methyl sites for hydroxylation is 2. The molecule has 1 aromatic heterocycles. The molecule has 0 radical (unpaired) electrons. The van der Waals surface area contributed by atoms with Gasteiger partial charge in [0.15, 0.2) is 27.0 Å². The van der Waals surface area contributed by atoms with Crippen molar-refractivity contribution in [2.45, 2.75) is 32.9 Å². The molecule has 5 rings (SSSR count). The molecule has 0 saturated carbocycles. The number of aromatic nitrogens is 2. The molecular weight excluding hydrogens is 442 g/mol. The van der Waals surface area contributed by atoms with E-state index >= 15 is 0 Å². The summed E-state index contributed by atoms with van der Waals surface area (Å²) in [5, 5.41) is 7.45. The number of hydrogen-bond donors (Lipinski definition) is 1. The number of ether oxygens (including phenoxy) is 2. The number of carbonyl (C=O) groups is 1. The fourth-order valence-corrected chi connectivity index (χ4v) is 5.88. The van der Waals surface area contributed by atoms with E-state index in [1.807, 2.05) is 50.2 Å². The second-order valence-electron chi connectivity index (χ2n) is 8.59. The lowest BCUT2D eigenvalue weighted by atomic mass is 10.0. The number of fused-ring (bicyclic) bond motifs is 1. The normalized spacial score (nSPS) is 18.4. The smallest absolute Gasteiger partial charge is 0.272 e. The molecule has 0 spiro atoms. The number of benzene rings is 2. The molecule has 2 aliphatic rings. The fraction of sp³-hybridized carbons (Fsp3) is 0.333. The summed E-state index contributed by atoms with van der Waals surface area (Å²) in [5.74, 6) is 1.19. The molecule has 1 atom stereocenters. The molecule has 1 amide bonds. The molecule has 0 unspecified atom stereocenters. The van der Waals surface area contributed by atoms with Gasteiger partial charge < -0.3 is 14.8 Å². The van der Waals surface area contributed by atoms with Crippen LogP contribution in [0.3, 0.4) is 0 Å². The van der Waals surface area contributed by atoms with Gasteiger partial charge in [0, 0.05) is 12.1 Å². The summed E-state index contributed by atoms with van der Waals surface area (Å²) >= 11 is 0. The van der Waals surface area contributed by atoms with E-state index in [2.05, 4.69) is 10.4 Å².